The molecule has 0 saturated heterocycles. The van der Waals surface area contributed by atoms with Crippen LogP contribution in [0.5, 0.6) is 5.75 Å². The first kappa shape index (κ1) is 33.7. The van der Waals surface area contributed by atoms with Crippen LogP contribution in [0.1, 0.15) is 49.3 Å². The zero-order valence-electron chi connectivity index (χ0n) is 27.0. The lowest BCUT2D eigenvalue weighted by Gasteiger charge is -2.34. The number of carbonyl (C=O) groups is 2. The number of ether oxygens (including phenoxy) is 1. The Morgan fingerprint density at radius 2 is 1.49 bits per heavy atom. The van der Waals surface area contributed by atoms with Gasteiger partial charge in [-0.2, -0.15) is 0 Å². The fourth-order valence-electron chi connectivity index (χ4n) is 6.18. The summed E-state index contributed by atoms with van der Waals surface area (Å²) >= 11 is 0. The second-order valence-electron chi connectivity index (χ2n) is 11.9. The number of carbonyl (C=O) groups excluding carboxylic acids is 2. The Hall–Kier alpha value is -4.63. The van der Waals surface area contributed by atoms with Crippen LogP contribution in [-0.4, -0.2) is 50.9 Å². The topological polar surface area (TPSA) is 96.0 Å². The Kier molecular flexibility index (Phi) is 11.3. The summed E-state index contributed by atoms with van der Waals surface area (Å²) in [6, 6.07) is 31.5. The fraction of sp³-hybridized carbons (Fsp3) is 0.316. The van der Waals surface area contributed by atoms with Gasteiger partial charge in [-0.1, -0.05) is 98.6 Å². The molecule has 1 aliphatic rings. The third kappa shape index (κ3) is 8.40. The second-order valence-corrected chi connectivity index (χ2v) is 13.7. The van der Waals surface area contributed by atoms with Crippen LogP contribution in [0.15, 0.2) is 114 Å². The van der Waals surface area contributed by atoms with Crippen LogP contribution in [0.3, 0.4) is 0 Å². The number of benzene rings is 4. The molecule has 1 saturated carbocycles. The van der Waals surface area contributed by atoms with E-state index in [0.717, 1.165) is 42.4 Å². The highest BCUT2D eigenvalue weighted by atomic mass is 32.2. The molecule has 1 atom stereocenters. The number of rotatable bonds is 14. The van der Waals surface area contributed by atoms with Gasteiger partial charge in [0.05, 0.1) is 17.7 Å². The van der Waals surface area contributed by atoms with Gasteiger partial charge in [0.15, 0.2) is 0 Å². The first-order chi connectivity index (χ1) is 22.8. The van der Waals surface area contributed by atoms with E-state index in [9.17, 15) is 18.0 Å². The maximum absolute atomic E-state index is 14.7. The molecule has 1 N–H and O–H groups in total. The third-order valence-electron chi connectivity index (χ3n) is 8.71. The van der Waals surface area contributed by atoms with E-state index in [1.165, 1.54) is 21.3 Å². The highest BCUT2D eigenvalue weighted by molar-refractivity contribution is 7.92. The molecule has 4 aromatic carbocycles. The van der Waals surface area contributed by atoms with Gasteiger partial charge in [-0.05, 0) is 66.3 Å². The minimum absolute atomic E-state index is 0.0425. The molecule has 0 bridgehead atoms. The lowest BCUT2D eigenvalue weighted by atomic mass is 10.0. The number of methoxy groups -OCH3 is 1. The van der Waals surface area contributed by atoms with Gasteiger partial charge in [0.2, 0.25) is 11.8 Å². The maximum Gasteiger partial charge on any atom is 0.264 e. The largest absolute Gasteiger partial charge is 0.497 e. The van der Waals surface area contributed by atoms with Crippen LogP contribution in [0.25, 0.3) is 0 Å². The van der Waals surface area contributed by atoms with E-state index >= 15 is 0 Å². The molecule has 8 nitrogen and oxygen atoms in total. The molecule has 0 aromatic heterocycles. The Labute approximate surface area is 278 Å². The van der Waals surface area contributed by atoms with Gasteiger partial charge in [0, 0.05) is 19.0 Å². The van der Waals surface area contributed by atoms with Crippen molar-refractivity contribution in [1.82, 2.24) is 10.2 Å². The summed E-state index contributed by atoms with van der Waals surface area (Å²) in [6.07, 6.45) is 4.72. The van der Waals surface area contributed by atoms with Gasteiger partial charge in [-0.15, -0.1) is 0 Å². The summed E-state index contributed by atoms with van der Waals surface area (Å²) in [4.78, 5) is 30.5. The standard InChI is InChI=1S/C38H43N3O5S/c1-3-31-18-10-13-24-35(31)41(47(44,45)34-22-8-5-9-23-34)28-37(42)40(27-30-17-14-21-33(25-30)46-2)36(26-29-15-6-4-7-16-29)38(43)39-32-19-11-12-20-32/h4-10,13-18,21-25,32,36H,3,11-12,19-20,26-28H2,1-2H3,(H,39,43)/t36-/m1/s1. The van der Waals surface area contributed by atoms with Crippen molar-refractivity contribution in [3.8, 4) is 5.75 Å². The first-order valence-corrected chi connectivity index (χ1v) is 17.7. The summed E-state index contributed by atoms with van der Waals surface area (Å²) < 4.78 is 35.2. The van der Waals surface area contributed by atoms with Crippen molar-refractivity contribution in [2.75, 3.05) is 18.0 Å². The molecule has 0 spiro atoms. The fourth-order valence-corrected chi connectivity index (χ4v) is 7.65. The summed E-state index contributed by atoms with van der Waals surface area (Å²) in [5.74, 6) is -0.112. The number of hydrogen-bond donors (Lipinski definition) is 1. The smallest absolute Gasteiger partial charge is 0.264 e. The summed E-state index contributed by atoms with van der Waals surface area (Å²) in [5, 5.41) is 3.21. The van der Waals surface area contributed by atoms with Crippen LogP contribution in [-0.2, 0) is 39.0 Å². The van der Waals surface area contributed by atoms with E-state index in [1.54, 1.807) is 37.4 Å². The molecule has 1 aliphatic carbocycles. The van der Waals surface area contributed by atoms with Gasteiger partial charge < -0.3 is 15.0 Å². The van der Waals surface area contributed by atoms with Crippen molar-refractivity contribution in [1.29, 1.82) is 0 Å². The molecule has 0 aliphatic heterocycles. The van der Waals surface area contributed by atoms with E-state index in [2.05, 4.69) is 5.32 Å². The summed E-state index contributed by atoms with van der Waals surface area (Å²) in [6.45, 7) is 1.55. The first-order valence-electron chi connectivity index (χ1n) is 16.2. The Bertz CT molecular complexity index is 1740. The van der Waals surface area contributed by atoms with Crippen LogP contribution >= 0.6 is 0 Å². The highest BCUT2D eigenvalue weighted by Crippen LogP contribution is 2.29. The molecule has 0 unspecified atom stereocenters. The molecular weight excluding hydrogens is 611 g/mol. The Balaban J connectivity index is 1.59. The average Bonchev–Trinajstić information content (AvgIpc) is 3.62. The predicted octanol–water partition coefficient (Wildman–Crippen LogP) is 6.15. The van der Waals surface area contributed by atoms with Gasteiger partial charge >= 0.3 is 0 Å². The van der Waals surface area contributed by atoms with Crippen molar-refractivity contribution in [2.24, 2.45) is 0 Å². The monoisotopic (exact) mass is 653 g/mol. The highest BCUT2D eigenvalue weighted by Gasteiger charge is 2.36. The number of sulfonamides is 1. The molecule has 5 rings (SSSR count). The number of hydrogen-bond acceptors (Lipinski definition) is 5. The molecule has 246 valence electrons. The number of amides is 2. The molecular formula is C38H43N3O5S. The van der Waals surface area contributed by atoms with Crippen molar-refractivity contribution in [3.05, 3.63) is 126 Å². The Morgan fingerprint density at radius 3 is 2.17 bits per heavy atom. The van der Waals surface area contributed by atoms with Crippen molar-refractivity contribution < 1.29 is 22.7 Å². The van der Waals surface area contributed by atoms with E-state index < -0.39 is 28.5 Å². The zero-order chi connectivity index (χ0) is 33.2. The van der Waals surface area contributed by atoms with Crippen molar-refractivity contribution in [3.63, 3.8) is 0 Å². The molecule has 0 radical (unpaired) electrons. The normalized spacial score (nSPS) is 13.9. The van der Waals surface area contributed by atoms with Crippen molar-refractivity contribution in [2.45, 2.75) is 69.0 Å². The van der Waals surface area contributed by atoms with Crippen LogP contribution in [0.2, 0.25) is 0 Å². The van der Waals surface area contributed by atoms with Gasteiger partial charge in [-0.3, -0.25) is 13.9 Å². The number of nitrogens with one attached hydrogen (secondary N) is 1. The van der Waals surface area contributed by atoms with E-state index in [-0.39, 0.29) is 29.8 Å². The zero-order valence-corrected chi connectivity index (χ0v) is 27.9. The van der Waals surface area contributed by atoms with Crippen LogP contribution in [0.4, 0.5) is 5.69 Å². The van der Waals surface area contributed by atoms with Gasteiger partial charge in [0.25, 0.3) is 10.0 Å². The lowest BCUT2D eigenvalue weighted by Crippen LogP contribution is -2.54. The summed E-state index contributed by atoms with van der Waals surface area (Å²) in [5.41, 5.74) is 2.88. The number of para-hydroxylation sites is 1. The van der Waals surface area contributed by atoms with E-state index in [0.29, 0.717) is 17.9 Å². The molecule has 47 heavy (non-hydrogen) atoms. The quantitative estimate of drug-likeness (QED) is 0.176. The minimum atomic E-state index is -4.16. The Morgan fingerprint density at radius 1 is 0.851 bits per heavy atom. The lowest BCUT2D eigenvalue weighted by molar-refractivity contribution is -0.140. The number of aryl methyl sites for hydroxylation is 1. The average molecular weight is 654 g/mol. The maximum atomic E-state index is 14.7. The third-order valence-corrected chi connectivity index (χ3v) is 10.5. The predicted molar refractivity (Wildman–Crippen MR) is 185 cm³/mol. The molecule has 4 aromatic rings. The van der Waals surface area contributed by atoms with Crippen LogP contribution in [0, 0.1) is 0 Å². The van der Waals surface area contributed by atoms with Crippen molar-refractivity contribution >= 4 is 27.5 Å². The molecule has 2 amide bonds. The minimum Gasteiger partial charge on any atom is -0.497 e. The second kappa shape index (κ2) is 15.8. The summed E-state index contributed by atoms with van der Waals surface area (Å²) in [7, 11) is -2.58. The SMILES string of the molecule is CCc1ccccc1N(CC(=O)N(Cc1cccc(OC)c1)[C@H](Cc1ccccc1)C(=O)NC1CCCC1)S(=O)(=O)c1ccccc1. The van der Waals surface area contributed by atoms with E-state index in [4.69, 9.17) is 4.74 Å². The van der Waals surface area contributed by atoms with E-state index in [1.807, 2.05) is 73.7 Å². The molecule has 0 heterocycles. The molecule has 1 fully saturated rings. The van der Waals surface area contributed by atoms with Gasteiger partial charge in [0.1, 0.15) is 18.3 Å². The van der Waals surface area contributed by atoms with Crippen LogP contribution < -0.4 is 14.4 Å². The van der Waals surface area contributed by atoms with Gasteiger partial charge in [-0.25, -0.2) is 8.42 Å². The number of nitrogens with zero attached hydrogens (tertiary/aromatic N) is 2. The molecule has 9 heteroatoms. The number of anilines is 1.